The lowest BCUT2D eigenvalue weighted by atomic mass is 10.1. The maximum Gasteiger partial charge on any atom is 0.407 e. The van der Waals surface area contributed by atoms with Crippen molar-refractivity contribution in [2.75, 3.05) is 13.7 Å². The number of likely N-dealkylation sites (N-methyl/N-ethyl adjacent to an activating group) is 1. The highest BCUT2D eigenvalue weighted by Gasteiger charge is 2.49. The summed E-state index contributed by atoms with van der Waals surface area (Å²) < 4.78 is 32.8. The fourth-order valence-electron chi connectivity index (χ4n) is 2.51. The SMILES string of the molecule is CN(C(=O)O)C1(COc2cncc(-c3cc(F)ccc3F)c2)CC1. The number of rotatable bonds is 5. The second kappa shape index (κ2) is 6.07. The Bertz CT molecular complexity index is 778. The lowest BCUT2D eigenvalue weighted by Crippen LogP contribution is -2.42. The number of pyridine rings is 1. The van der Waals surface area contributed by atoms with E-state index < -0.39 is 23.3 Å². The highest BCUT2D eigenvalue weighted by atomic mass is 19.1. The first kappa shape index (κ1) is 16.2. The molecular weight excluding hydrogens is 318 g/mol. The molecule has 0 saturated heterocycles. The van der Waals surface area contributed by atoms with Gasteiger partial charge in [0.15, 0.2) is 0 Å². The van der Waals surface area contributed by atoms with Crippen LogP contribution in [0, 0.1) is 11.6 Å². The van der Waals surface area contributed by atoms with Crippen molar-refractivity contribution in [1.82, 2.24) is 9.88 Å². The van der Waals surface area contributed by atoms with Gasteiger partial charge >= 0.3 is 6.09 Å². The van der Waals surface area contributed by atoms with Crippen molar-refractivity contribution in [3.8, 4) is 16.9 Å². The van der Waals surface area contributed by atoms with Crippen molar-refractivity contribution < 1.29 is 23.4 Å². The zero-order chi connectivity index (χ0) is 17.3. The molecule has 7 heteroatoms. The maximum atomic E-state index is 13.9. The molecule has 5 nitrogen and oxygen atoms in total. The second-order valence-corrected chi connectivity index (χ2v) is 5.89. The number of benzene rings is 1. The van der Waals surface area contributed by atoms with Crippen molar-refractivity contribution in [1.29, 1.82) is 0 Å². The molecule has 24 heavy (non-hydrogen) atoms. The highest BCUT2D eigenvalue weighted by molar-refractivity contribution is 5.66. The number of ether oxygens (including phenoxy) is 1. The molecule has 1 heterocycles. The predicted molar refractivity (Wildman–Crippen MR) is 82.8 cm³/mol. The second-order valence-electron chi connectivity index (χ2n) is 5.89. The van der Waals surface area contributed by atoms with Crippen LogP contribution in [-0.2, 0) is 0 Å². The zero-order valence-electron chi connectivity index (χ0n) is 13.0. The fourth-order valence-corrected chi connectivity index (χ4v) is 2.51. The van der Waals surface area contributed by atoms with E-state index in [4.69, 9.17) is 9.84 Å². The molecule has 1 aromatic heterocycles. The average molecular weight is 334 g/mol. The first-order valence-electron chi connectivity index (χ1n) is 7.41. The van der Waals surface area contributed by atoms with Gasteiger partial charge in [0.05, 0.1) is 11.7 Å². The Hall–Kier alpha value is -2.70. The van der Waals surface area contributed by atoms with Gasteiger partial charge in [-0.25, -0.2) is 13.6 Å². The largest absolute Gasteiger partial charge is 0.490 e. The van der Waals surface area contributed by atoms with Crippen LogP contribution >= 0.6 is 0 Å². The van der Waals surface area contributed by atoms with E-state index in [1.807, 2.05) is 0 Å². The minimum absolute atomic E-state index is 0.0942. The van der Waals surface area contributed by atoms with Crippen molar-refractivity contribution >= 4 is 6.09 Å². The Morgan fingerprint density at radius 1 is 1.33 bits per heavy atom. The van der Waals surface area contributed by atoms with Crippen LogP contribution in [-0.4, -0.2) is 40.3 Å². The Labute approximate surface area is 137 Å². The Balaban J connectivity index is 1.77. The van der Waals surface area contributed by atoms with E-state index in [2.05, 4.69) is 4.98 Å². The van der Waals surface area contributed by atoms with E-state index >= 15 is 0 Å². The molecule has 1 aliphatic rings. The van der Waals surface area contributed by atoms with Crippen molar-refractivity contribution in [2.24, 2.45) is 0 Å². The van der Waals surface area contributed by atoms with Crippen molar-refractivity contribution in [3.63, 3.8) is 0 Å². The third-order valence-corrected chi connectivity index (χ3v) is 4.29. The summed E-state index contributed by atoms with van der Waals surface area (Å²) in [6.45, 7) is 0.187. The molecule has 0 spiro atoms. The maximum absolute atomic E-state index is 13.9. The van der Waals surface area contributed by atoms with Crippen LogP contribution in [0.2, 0.25) is 0 Å². The molecule has 0 unspecified atom stereocenters. The van der Waals surface area contributed by atoms with Gasteiger partial charge in [-0.2, -0.15) is 0 Å². The molecule has 1 saturated carbocycles. The molecular formula is C17H16F2N2O3. The van der Waals surface area contributed by atoms with Gasteiger partial charge in [0.2, 0.25) is 0 Å². The van der Waals surface area contributed by atoms with E-state index in [0.29, 0.717) is 11.3 Å². The zero-order valence-corrected chi connectivity index (χ0v) is 13.0. The average Bonchev–Trinajstić information content (AvgIpc) is 3.36. The minimum atomic E-state index is -1.01. The lowest BCUT2D eigenvalue weighted by molar-refractivity contribution is 0.109. The van der Waals surface area contributed by atoms with Crippen LogP contribution < -0.4 is 4.74 Å². The highest BCUT2D eigenvalue weighted by Crippen LogP contribution is 2.41. The number of aromatic nitrogens is 1. The topological polar surface area (TPSA) is 62.7 Å². The molecule has 0 bridgehead atoms. The van der Waals surface area contributed by atoms with Crippen LogP contribution in [0.25, 0.3) is 11.1 Å². The number of carbonyl (C=O) groups is 1. The van der Waals surface area contributed by atoms with Gasteiger partial charge in [-0.1, -0.05) is 0 Å². The Kier molecular flexibility index (Phi) is 4.09. The first-order valence-corrected chi connectivity index (χ1v) is 7.41. The summed E-state index contributed by atoms with van der Waals surface area (Å²) in [7, 11) is 1.51. The summed E-state index contributed by atoms with van der Waals surface area (Å²) in [5, 5.41) is 9.08. The monoisotopic (exact) mass is 334 g/mol. The molecule has 0 radical (unpaired) electrons. The summed E-state index contributed by atoms with van der Waals surface area (Å²) >= 11 is 0. The molecule has 1 aliphatic carbocycles. The van der Waals surface area contributed by atoms with Gasteiger partial charge in [0, 0.05) is 24.4 Å². The van der Waals surface area contributed by atoms with E-state index in [1.165, 1.54) is 24.3 Å². The van der Waals surface area contributed by atoms with Crippen LogP contribution in [0.5, 0.6) is 5.75 Å². The van der Waals surface area contributed by atoms with E-state index in [9.17, 15) is 13.6 Å². The summed E-state index contributed by atoms with van der Waals surface area (Å²) in [6.07, 6.45) is 3.31. The third-order valence-electron chi connectivity index (χ3n) is 4.29. The fraction of sp³-hybridized carbons (Fsp3) is 0.294. The minimum Gasteiger partial charge on any atom is -0.490 e. The molecule has 1 aromatic carbocycles. The molecule has 1 fully saturated rings. The van der Waals surface area contributed by atoms with Gasteiger partial charge in [-0.15, -0.1) is 0 Å². The van der Waals surface area contributed by atoms with Crippen LogP contribution in [0.4, 0.5) is 13.6 Å². The number of hydrogen-bond donors (Lipinski definition) is 1. The summed E-state index contributed by atoms with van der Waals surface area (Å²) in [5.74, 6) is -0.724. The summed E-state index contributed by atoms with van der Waals surface area (Å²) in [6, 6.07) is 4.75. The summed E-state index contributed by atoms with van der Waals surface area (Å²) in [4.78, 5) is 16.3. The van der Waals surface area contributed by atoms with E-state index in [0.717, 1.165) is 31.0 Å². The van der Waals surface area contributed by atoms with Crippen molar-refractivity contribution in [3.05, 3.63) is 48.3 Å². The molecule has 126 valence electrons. The molecule has 0 aliphatic heterocycles. The standard InChI is InChI=1S/C17H16F2N2O3/c1-21(16(22)23)17(4-5-17)10-24-13-6-11(8-20-9-13)14-7-12(18)2-3-15(14)19/h2-3,6-9H,4-5,10H2,1H3,(H,22,23). The molecule has 2 aromatic rings. The van der Waals surface area contributed by atoms with Gasteiger partial charge < -0.3 is 14.7 Å². The van der Waals surface area contributed by atoms with Crippen molar-refractivity contribution in [2.45, 2.75) is 18.4 Å². The predicted octanol–water partition coefficient (Wildman–Crippen LogP) is 3.55. The molecule has 1 amide bonds. The van der Waals surface area contributed by atoms with E-state index in [1.54, 1.807) is 6.07 Å². The van der Waals surface area contributed by atoms with Gasteiger partial charge in [0.1, 0.15) is 24.0 Å². The molecule has 1 N–H and O–H groups in total. The number of halogens is 2. The summed E-state index contributed by atoms with van der Waals surface area (Å²) in [5.41, 5.74) is -0.0379. The number of amides is 1. The lowest BCUT2D eigenvalue weighted by Gasteiger charge is -2.25. The first-order chi connectivity index (χ1) is 11.4. The quantitative estimate of drug-likeness (QED) is 0.908. The van der Waals surface area contributed by atoms with Crippen LogP contribution in [0.15, 0.2) is 36.7 Å². The van der Waals surface area contributed by atoms with Crippen LogP contribution in [0.1, 0.15) is 12.8 Å². The number of nitrogens with zero attached hydrogens (tertiary/aromatic N) is 2. The third kappa shape index (κ3) is 3.15. The number of carboxylic acid groups (broad SMARTS) is 1. The smallest absolute Gasteiger partial charge is 0.407 e. The van der Waals surface area contributed by atoms with Gasteiger partial charge in [0.25, 0.3) is 0 Å². The van der Waals surface area contributed by atoms with Gasteiger partial charge in [-0.05, 0) is 37.1 Å². The van der Waals surface area contributed by atoms with E-state index in [-0.39, 0.29) is 12.2 Å². The molecule has 3 rings (SSSR count). The normalized spacial score (nSPS) is 15.0. The molecule has 0 atom stereocenters. The van der Waals surface area contributed by atoms with Gasteiger partial charge in [-0.3, -0.25) is 4.98 Å². The Morgan fingerprint density at radius 2 is 2.08 bits per heavy atom. The Morgan fingerprint density at radius 3 is 2.75 bits per heavy atom. The number of hydrogen-bond acceptors (Lipinski definition) is 3. The van der Waals surface area contributed by atoms with Crippen LogP contribution in [0.3, 0.4) is 0 Å².